The number of benzene rings is 2. The largest absolute Gasteiger partial charge is 0.423 e. The standard InChI is InChI=1S/C15H18F4N5P3/c1-24(13-15-10-6-3-7-11-15)27(19)22-25(16,17)21-26(18,23-27)20-12-14-8-4-2-5-9-14/h2-11,20H,12-13H2,1H3. The minimum Gasteiger partial charge on any atom is -0.235 e. The highest BCUT2D eigenvalue weighted by molar-refractivity contribution is 7.79. The maximum absolute atomic E-state index is 15.3. The van der Waals surface area contributed by atoms with Crippen LogP contribution in [0, 0.1) is 0 Å². The molecule has 1 heterocycles. The van der Waals surface area contributed by atoms with Crippen LogP contribution in [0.5, 0.6) is 0 Å². The van der Waals surface area contributed by atoms with Crippen molar-refractivity contribution in [3.8, 4) is 0 Å². The van der Waals surface area contributed by atoms with Gasteiger partial charge in [0.1, 0.15) is 0 Å². The Morgan fingerprint density at radius 2 is 1.37 bits per heavy atom. The molecule has 0 aromatic heterocycles. The monoisotopic (exact) mass is 437 g/mol. The van der Waals surface area contributed by atoms with Gasteiger partial charge in [-0.05, 0) is 18.2 Å². The highest BCUT2D eigenvalue weighted by Gasteiger charge is 2.41. The Morgan fingerprint density at radius 1 is 0.815 bits per heavy atom. The molecule has 2 atom stereocenters. The number of hydrogen-bond donors (Lipinski definition) is 1. The zero-order valence-corrected chi connectivity index (χ0v) is 17.0. The zero-order valence-electron chi connectivity index (χ0n) is 14.3. The topological polar surface area (TPSA) is 52.3 Å². The second-order valence-corrected chi connectivity index (χ2v) is 12.0. The van der Waals surface area contributed by atoms with E-state index in [1.807, 2.05) is 0 Å². The molecule has 0 saturated heterocycles. The fourth-order valence-corrected chi connectivity index (χ4v) is 9.57. The highest BCUT2D eigenvalue weighted by Crippen LogP contribution is 2.80. The van der Waals surface area contributed by atoms with E-state index in [4.69, 9.17) is 0 Å². The minimum atomic E-state index is -5.46. The normalized spacial score (nSPS) is 26.7. The Hall–Kier alpha value is -1.23. The van der Waals surface area contributed by atoms with Crippen molar-refractivity contribution in [1.29, 1.82) is 0 Å². The Labute approximate surface area is 155 Å². The van der Waals surface area contributed by atoms with E-state index < -0.39 is 23.2 Å². The van der Waals surface area contributed by atoms with Crippen LogP contribution >= 0.6 is 23.2 Å². The third kappa shape index (κ3) is 5.40. The quantitative estimate of drug-likeness (QED) is 0.373. The molecule has 0 saturated carbocycles. The van der Waals surface area contributed by atoms with Gasteiger partial charge in [0.15, 0.2) is 0 Å². The van der Waals surface area contributed by atoms with E-state index in [0.717, 1.165) is 4.67 Å². The first kappa shape index (κ1) is 20.5. The molecule has 2 unspecified atom stereocenters. The second kappa shape index (κ2) is 8.02. The highest BCUT2D eigenvalue weighted by atomic mass is 31.3. The molecule has 12 heteroatoms. The molecule has 0 aliphatic carbocycles. The van der Waals surface area contributed by atoms with Crippen LogP contribution in [-0.4, -0.2) is 11.7 Å². The summed E-state index contributed by atoms with van der Waals surface area (Å²) in [5.74, 6) is 0. The molecular formula is C15H18F4N5P3. The average molecular weight is 437 g/mol. The summed E-state index contributed by atoms with van der Waals surface area (Å²) in [6.45, 7) is -0.0999. The fraction of sp³-hybridized carbons (Fsp3) is 0.200. The lowest BCUT2D eigenvalue weighted by atomic mass is 10.2. The molecule has 27 heavy (non-hydrogen) atoms. The molecule has 1 N–H and O–H groups in total. The van der Waals surface area contributed by atoms with Gasteiger partial charge in [0.05, 0.1) is 0 Å². The third-order valence-corrected chi connectivity index (χ3v) is 10.7. The van der Waals surface area contributed by atoms with Crippen LogP contribution < -0.4 is 5.09 Å². The Balaban J connectivity index is 1.90. The predicted octanol–water partition coefficient (Wildman–Crippen LogP) is 7.64. The molecule has 1 aliphatic heterocycles. The van der Waals surface area contributed by atoms with Gasteiger partial charge in [0.25, 0.3) is 0 Å². The molecule has 0 fully saturated rings. The Bertz CT molecular complexity index is 962. The molecule has 5 nitrogen and oxygen atoms in total. The van der Waals surface area contributed by atoms with E-state index in [9.17, 15) is 8.39 Å². The van der Waals surface area contributed by atoms with Crippen molar-refractivity contribution in [2.45, 2.75) is 13.1 Å². The number of nitrogens with one attached hydrogen (secondary N) is 1. The molecule has 0 spiro atoms. The molecular weight excluding hydrogens is 419 g/mol. The Morgan fingerprint density at radius 3 is 1.96 bits per heavy atom. The molecule has 0 bridgehead atoms. The minimum absolute atomic E-state index is 0.0171. The summed E-state index contributed by atoms with van der Waals surface area (Å²) in [6.07, 6.45) is 0. The zero-order chi connectivity index (χ0) is 19.5. The maximum Gasteiger partial charge on any atom is 0.423 e. The van der Waals surface area contributed by atoms with E-state index in [1.54, 1.807) is 60.7 Å². The summed E-state index contributed by atoms with van der Waals surface area (Å²) in [5.41, 5.74) is 1.34. The third-order valence-electron chi connectivity index (χ3n) is 3.70. The van der Waals surface area contributed by atoms with Gasteiger partial charge in [0, 0.05) is 13.1 Å². The van der Waals surface area contributed by atoms with Crippen LogP contribution in [0.4, 0.5) is 16.8 Å². The maximum atomic E-state index is 15.3. The second-order valence-electron chi connectivity index (χ2n) is 5.87. The van der Waals surface area contributed by atoms with E-state index in [-0.39, 0.29) is 13.1 Å². The average Bonchev–Trinajstić information content (AvgIpc) is 2.60. The van der Waals surface area contributed by atoms with Gasteiger partial charge in [-0.2, -0.15) is 12.9 Å². The van der Waals surface area contributed by atoms with Crippen molar-refractivity contribution < 1.29 is 16.8 Å². The van der Waals surface area contributed by atoms with Crippen LogP contribution in [0.2, 0.25) is 0 Å². The fourth-order valence-electron chi connectivity index (χ4n) is 2.41. The van der Waals surface area contributed by atoms with Crippen molar-refractivity contribution in [2.24, 2.45) is 13.5 Å². The molecule has 1 aliphatic rings. The van der Waals surface area contributed by atoms with Gasteiger partial charge in [-0.1, -0.05) is 60.7 Å². The van der Waals surface area contributed by atoms with Gasteiger partial charge in [-0.15, -0.1) is 17.4 Å². The lowest BCUT2D eigenvalue weighted by Gasteiger charge is -2.27. The molecule has 2 aromatic rings. The van der Waals surface area contributed by atoms with Crippen LogP contribution in [0.15, 0.2) is 74.2 Å². The van der Waals surface area contributed by atoms with E-state index >= 15 is 8.39 Å². The van der Waals surface area contributed by atoms with Gasteiger partial charge >= 0.3 is 23.2 Å². The SMILES string of the molecule is CN(Cc1ccccc1)P1(F)=NP(F)(NCc2ccccc2)=NP(F)(F)=N1. The van der Waals surface area contributed by atoms with Crippen LogP contribution in [-0.2, 0) is 13.1 Å². The van der Waals surface area contributed by atoms with Crippen molar-refractivity contribution in [1.82, 2.24) is 9.76 Å². The summed E-state index contributed by atoms with van der Waals surface area (Å²) in [6, 6.07) is 17.3. The van der Waals surface area contributed by atoms with Crippen molar-refractivity contribution in [3.63, 3.8) is 0 Å². The number of hydrogen-bond acceptors (Lipinski definition) is 5. The van der Waals surface area contributed by atoms with E-state index in [1.165, 1.54) is 7.05 Å². The lowest BCUT2D eigenvalue weighted by molar-refractivity contribution is 0.505. The van der Waals surface area contributed by atoms with Crippen LogP contribution in [0.25, 0.3) is 0 Å². The molecule has 3 rings (SSSR count). The smallest absolute Gasteiger partial charge is 0.235 e. The van der Waals surface area contributed by atoms with Crippen molar-refractivity contribution in [2.75, 3.05) is 7.05 Å². The predicted molar refractivity (Wildman–Crippen MR) is 104 cm³/mol. The van der Waals surface area contributed by atoms with E-state index in [0.29, 0.717) is 11.1 Å². The van der Waals surface area contributed by atoms with Gasteiger partial charge < -0.3 is 0 Å². The van der Waals surface area contributed by atoms with E-state index in [2.05, 4.69) is 18.6 Å². The molecule has 146 valence electrons. The number of halogens is 4. The van der Waals surface area contributed by atoms with Gasteiger partial charge in [0.2, 0.25) is 0 Å². The summed E-state index contributed by atoms with van der Waals surface area (Å²) in [7, 11) is -13.4. The number of rotatable bonds is 6. The first-order valence-electron chi connectivity index (χ1n) is 7.95. The lowest BCUT2D eigenvalue weighted by Crippen LogP contribution is -2.13. The summed E-state index contributed by atoms with van der Waals surface area (Å²) in [5, 5.41) is 2.30. The molecule has 2 aromatic carbocycles. The van der Waals surface area contributed by atoms with Gasteiger partial charge in [-0.25, -0.2) is 9.76 Å². The first-order chi connectivity index (χ1) is 12.7. The van der Waals surface area contributed by atoms with Crippen molar-refractivity contribution >= 4 is 23.2 Å². The first-order valence-corrected chi connectivity index (χ1v) is 12.5. The van der Waals surface area contributed by atoms with Crippen LogP contribution in [0.1, 0.15) is 11.1 Å². The number of nitrogens with zero attached hydrogens (tertiary/aromatic N) is 4. The molecule has 0 radical (unpaired) electrons. The summed E-state index contributed by atoms with van der Waals surface area (Å²) < 4.78 is 68.7. The summed E-state index contributed by atoms with van der Waals surface area (Å²) in [4.78, 5) is 0. The van der Waals surface area contributed by atoms with Crippen LogP contribution in [0.3, 0.4) is 0 Å². The molecule has 0 amide bonds. The van der Waals surface area contributed by atoms with Crippen molar-refractivity contribution in [3.05, 3.63) is 71.8 Å². The summed E-state index contributed by atoms with van der Waals surface area (Å²) >= 11 is 0. The van der Waals surface area contributed by atoms with Gasteiger partial charge in [-0.3, -0.25) is 0 Å². The Kier molecular flexibility index (Phi) is 6.09.